The zero-order valence-electron chi connectivity index (χ0n) is 7.76. The van der Waals surface area contributed by atoms with Crippen molar-refractivity contribution in [2.45, 2.75) is 12.8 Å². The van der Waals surface area contributed by atoms with E-state index in [0.29, 0.717) is 0 Å². The van der Waals surface area contributed by atoms with Gasteiger partial charge in [-0.15, -0.1) is 0 Å². The van der Waals surface area contributed by atoms with E-state index in [4.69, 9.17) is 10.5 Å². The number of benzene rings is 1. The van der Waals surface area contributed by atoms with Gasteiger partial charge in [-0.1, -0.05) is 0 Å². The SMILES string of the molecule is COc1cc(N)cc2c1NCCC2. The fraction of sp³-hybridized carbons (Fsp3) is 0.400. The Bertz CT molecular complexity index is 306. The molecule has 70 valence electrons. The summed E-state index contributed by atoms with van der Waals surface area (Å²) >= 11 is 0. The van der Waals surface area contributed by atoms with E-state index in [0.717, 1.165) is 30.1 Å². The average Bonchev–Trinajstić information content (AvgIpc) is 2.16. The van der Waals surface area contributed by atoms with Gasteiger partial charge in [-0.05, 0) is 24.5 Å². The lowest BCUT2D eigenvalue weighted by molar-refractivity contribution is 0.415. The second-order valence-electron chi connectivity index (χ2n) is 3.29. The summed E-state index contributed by atoms with van der Waals surface area (Å²) in [7, 11) is 1.67. The lowest BCUT2D eigenvalue weighted by atomic mass is 10.0. The molecule has 3 heteroatoms. The Labute approximate surface area is 77.9 Å². The normalized spacial score (nSPS) is 14.5. The van der Waals surface area contributed by atoms with Gasteiger partial charge in [-0.3, -0.25) is 0 Å². The molecule has 3 nitrogen and oxygen atoms in total. The summed E-state index contributed by atoms with van der Waals surface area (Å²) in [6.07, 6.45) is 2.25. The van der Waals surface area contributed by atoms with Crippen LogP contribution in [0.1, 0.15) is 12.0 Å². The van der Waals surface area contributed by atoms with Crippen LogP contribution in [0.5, 0.6) is 5.75 Å². The number of methoxy groups -OCH3 is 1. The van der Waals surface area contributed by atoms with Crippen molar-refractivity contribution in [1.82, 2.24) is 0 Å². The third-order valence-corrected chi connectivity index (χ3v) is 2.35. The molecule has 0 amide bonds. The summed E-state index contributed by atoms with van der Waals surface area (Å²) in [5.41, 5.74) is 8.91. The second kappa shape index (κ2) is 3.17. The molecular weight excluding hydrogens is 164 g/mol. The van der Waals surface area contributed by atoms with Crippen LogP contribution in [0, 0.1) is 0 Å². The molecule has 1 aliphatic rings. The molecule has 0 saturated heterocycles. The van der Waals surface area contributed by atoms with Gasteiger partial charge in [-0.2, -0.15) is 0 Å². The lowest BCUT2D eigenvalue weighted by Crippen LogP contribution is -2.13. The first-order valence-electron chi connectivity index (χ1n) is 4.51. The van der Waals surface area contributed by atoms with Crippen molar-refractivity contribution >= 4 is 11.4 Å². The van der Waals surface area contributed by atoms with E-state index in [1.807, 2.05) is 12.1 Å². The number of nitrogen functional groups attached to an aromatic ring is 1. The standard InChI is InChI=1S/C10H14N2O/c1-13-9-6-8(11)5-7-3-2-4-12-10(7)9/h5-6,12H,2-4,11H2,1H3. The van der Waals surface area contributed by atoms with E-state index in [1.165, 1.54) is 12.0 Å². The predicted octanol–water partition coefficient (Wildman–Crippen LogP) is 1.64. The fourth-order valence-corrected chi connectivity index (χ4v) is 1.75. The highest BCUT2D eigenvalue weighted by atomic mass is 16.5. The maximum atomic E-state index is 5.75. The summed E-state index contributed by atoms with van der Waals surface area (Å²) in [5, 5.41) is 3.33. The van der Waals surface area contributed by atoms with Crippen molar-refractivity contribution in [3.63, 3.8) is 0 Å². The van der Waals surface area contributed by atoms with Crippen molar-refractivity contribution in [2.24, 2.45) is 0 Å². The minimum atomic E-state index is 0.777. The van der Waals surface area contributed by atoms with E-state index in [1.54, 1.807) is 7.11 Å². The van der Waals surface area contributed by atoms with Gasteiger partial charge in [0, 0.05) is 18.3 Å². The van der Waals surface area contributed by atoms with Gasteiger partial charge in [-0.25, -0.2) is 0 Å². The third-order valence-electron chi connectivity index (χ3n) is 2.35. The average molecular weight is 178 g/mol. The summed E-state index contributed by atoms with van der Waals surface area (Å²) in [4.78, 5) is 0. The topological polar surface area (TPSA) is 47.3 Å². The highest BCUT2D eigenvalue weighted by Gasteiger charge is 2.13. The molecule has 0 aliphatic carbocycles. The van der Waals surface area contributed by atoms with E-state index in [-0.39, 0.29) is 0 Å². The molecule has 0 unspecified atom stereocenters. The Morgan fingerprint density at radius 3 is 3.08 bits per heavy atom. The summed E-state index contributed by atoms with van der Waals surface area (Å²) in [6, 6.07) is 3.88. The highest BCUT2D eigenvalue weighted by molar-refractivity contribution is 5.68. The quantitative estimate of drug-likeness (QED) is 0.642. The smallest absolute Gasteiger partial charge is 0.144 e. The van der Waals surface area contributed by atoms with Crippen molar-refractivity contribution in [3.8, 4) is 5.75 Å². The fourth-order valence-electron chi connectivity index (χ4n) is 1.75. The minimum absolute atomic E-state index is 0.777. The van der Waals surface area contributed by atoms with Crippen molar-refractivity contribution in [3.05, 3.63) is 17.7 Å². The monoisotopic (exact) mass is 178 g/mol. The molecule has 0 saturated carbocycles. The molecule has 0 radical (unpaired) electrons. The molecule has 3 N–H and O–H groups in total. The van der Waals surface area contributed by atoms with Crippen LogP contribution in [0.4, 0.5) is 11.4 Å². The first-order chi connectivity index (χ1) is 6.31. The van der Waals surface area contributed by atoms with E-state index >= 15 is 0 Å². The Kier molecular flexibility index (Phi) is 2.00. The number of anilines is 2. The van der Waals surface area contributed by atoms with E-state index in [2.05, 4.69) is 5.32 Å². The molecule has 2 rings (SSSR count). The second-order valence-corrected chi connectivity index (χ2v) is 3.29. The summed E-state index contributed by atoms with van der Waals surface area (Å²) in [5.74, 6) is 0.856. The minimum Gasteiger partial charge on any atom is -0.495 e. The zero-order valence-corrected chi connectivity index (χ0v) is 7.76. The molecule has 0 aromatic heterocycles. The highest BCUT2D eigenvalue weighted by Crippen LogP contribution is 2.34. The van der Waals surface area contributed by atoms with Crippen LogP contribution < -0.4 is 15.8 Å². The van der Waals surface area contributed by atoms with Gasteiger partial charge in [0.1, 0.15) is 5.75 Å². The van der Waals surface area contributed by atoms with Gasteiger partial charge < -0.3 is 15.8 Å². The largest absolute Gasteiger partial charge is 0.495 e. The van der Waals surface area contributed by atoms with Crippen LogP contribution >= 0.6 is 0 Å². The number of hydrogen-bond donors (Lipinski definition) is 2. The number of nitrogens with one attached hydrogen (secondary N) is 1. The van der Waals surface area contributed by atoms with Crippen LogP contribution in [-0.4, -0.2) is 13.7 Å². The molecule has 1 heterocycles. The third kappa shape index (κ3) is 1.41. The Morgan fingerprint density at radius 2 is 2.31 bits per heavy atom. The van der Waals surface area contributed by atoms with Gasteiger partial charge in [0.05, 0.1) is 12.8 Å². The van der Waals surface area contributed by atoms with Crippen LogP contribution in [-0.2, 0) is 6.42 Å². The molecule has 0 atom stereocenters. The Morgan fingerprint density at radius 1 is 1.46 bits per heavy atom. The molecule has 0 spiro atoms. The van der Waals surface area contributed by atoms with Crippen LogP contribution in [0.15, 0.2) is 12.1 Å². The van der Waals surface area contributed by atoms with Gasteiger partial charge in [0.25, 0.3) is 0 Å². The number of hydrogen-bond acceptors (Lipinski definition) is 3. The molecule has 1 aromatic rings. The zero-order chi connectivity index (χ0) is 9.26. The van der Waals surface area contributed by atoms with E-state index in [9.17, 15) is 0 Å². The number of rotatable bonds is 1. The first-order valence-corrected chi connectivity index (χ1v) is 4.51. The molecule has 13 heavy (non-hydrogen) atoms. The van der Waals surface area contributed by atoms with Gasteiger partial charge in [0.2, 0.25) is 0 Å². The summed E-state index contributed by atoms with van der Waals surface area (Å²) in [6.45, 7) is 1.02. The lowest BCUT2D eigenvalue weighted by Gasteiger charge is -2.20. The van der Waals surface area contributed by atoms with Crippen molar-refractivity contribution < 1.29 is 4.74 Å². The van der Waals surface area contributed by atoms with Crippen molar-refractivity contribution in [2.75, 3.05) is 24.7 Å². The number of nitrogens with two attached hydrogens (primary N) is 1. The Hall–Kier alpha value is -1.38. The molecule has 1 aliphatic heterocycles. The van der Waals surface area contributed by atoms with Gasteiger partial charge >= 0.3 is 0 Å². The first kappa shape index (κ1) is 8.23. The number of aryl methyl sites for hydroxylation is 1. The van der Waals surface area contributed by atoms with Crippen LogP contribution in [0.3, 0.4) is 0 Å². The molecule has 0 fully saturated rings. The maximum Gasteiger partial charge on any atom is 0.144 e. The van der Waals surface area contributed by atoms with E-state index < -0.39 is 0 Å². The maximum absolute atomic E-state index is 5.75. The number of fused-ring (bicyclic) bond motifs is 1. The molecule has 1 aromatic carbocycles. The number of ether oxygens (including phenoxy) is 1. The summed E-state index contributed by atoms with van der Waals surface area (Å²) < 4.78 is 5.25. The molecular formula is C10H14N2O. The van der Waals surface area contributed by atoms with Gasteiger partial charge in [0.15, 0.2) is 0 Å². The predicted molar refractivity (Wildman–Crippen MR) is 54.2 cm³/mol. The van der Waals surface area contributed by atoms with Crippen LogP contribution in [0.2, 0.25) is 0 Å². The Balaban J connectivity index is 2.50. The van der Waals surface area contributed by atoms with Crippen LogP contribution in [0.25, 0.3) is 0 Å². The molecule has 0 bridgehead atoms. The van der Waals surface area contributed by atoms with Crippen molar-refractivity contribution in [1.29, 1.82) is 0 Å².